The van der Waals surface area contributed by atoms with E-state index >= 15 is 0 Å². The number of nitrogens with zero attached hydrogens (tertiary/aromatic N) is 3. The van der Waals surface area contributed by atoms with Crippen molar-refractivity contribution < 1.29 is 4.42 Å². The molecule has 0 aromatic carbocycles. The Labute approximate surface area is 89.9 Å². The maximum absolute atomic E-state index is 5.54. The second kappa shape index (κ2) is 4.61. The molecular formula is C10H18N4O. The first-order valence-electron chi connectivity index (χ1n) is 5.51. The molecule has 0 radical (unpaired) electrons. The molecule has 84 valence electrons. The van der Waals surface area contributed by atoms with Gasteiger partial charge in [0.05, 0.1) is 6.54 Å². The normalized spacial score (nSPS) is 18.4. The zero-order chi connectivity index (χ0) is 10.7. The van der Waals surface area contributed by atoms with Gasteiger partial charge in [0.15, 0.2) is 0 Å². The van der Waals surface area contributed by atoms with Crippen LogP contribution in [0.25, 0.3) is 0 Å². The summed E-state index contributed by atoms with van der Waals surface area (Å²) in [4.78, 5) is 2.17. The lowest BCUT2D eigenvalue weighted by molar-refractivity contribution is 0.403. The summed E-state index contributed by atoms with van der Waals surface area (Å²) >= 11 is 0. The number of piperidine rings is 1. The predicted octanol–water partition coefficient (Wildman–Crippen LogP) is 1.03. The summed E-state index contributed by atoms with van der Waals surface area (Å²) < 4.78 is 5.54. The van der Waals surface area contributed by atoms with Crippen molar-refractivity contribution in [3.8, 4) is 0 Å². The molecular weight excluding hydrogens is 192 g/mol. The van der Waals surface area contributed by atoms with Crippen LogP contribution in [0, 0.1) is 5.92 Å². The molecule has 2 rings (SSSR count). The highest BCUT2D eigenvalue weighted by atomic mass is 16.4. The first kappa shape index (κ1) is 10.4. The van der Waals surface area contributed by atoms with E-state index < -0.39 is 0 Å². The van der Waals surface area contributed by atoms with E-state index in [1.807, 2.05) is 7.05 Å². The van der Waals surface area contributed by atoms with Gasteiger partial charge in [0.2, 0.25) is 5.89 Å². The van der Waals surface area contributed by atoms with Crippen molar-refractivity contribution in [2.45, 2.75) is 26.3 Å². The molecule has 2 heterocycles. The minimum atomic E-state index is 0.636. The molecule has 1 aliphatic heterocycles. The lowest BCUT2D eigenvalue weighted by Gasteiger charge is -2.28. The number of hydrogen-bond donors (Lipinski definition) is 1. The third-order valence-electron chi connectivity index (χ3n) is 2.84. The fraction of sp³-hybridized carbons (Fsp3) is 0.800. The van der Waals surface area contributed by atoms with Crippen molar-refractivity contribution in [1.82, 2.24) is 15.5 Å². The SMILES string of the molecule is CNCc1nnc(N2CCC(C)CC2)o1. The van der Waals surface area contributed by atoms with Crippen molar-refractivity contribution in [3.05, 3.63) is 5.89 Å². The Balaban J connectivity index is 1.96. The molecule has 1 aliphatic rings. The molecule has 1 saturated heterocycles. The summed E-state index contributed by atoms with van der Waals surface area (Å²) in [6.45, 7) is 4.99. The summed E-state index contributed by atoms with van der Waals surface area (Å²) in [6.07, 6.45) is 2.42. The quantitative estimate of drug-likeness (QED) is 0.807. The lowest BCUT2D eigenvalue weighted by atomic mass is 10.00. The van der Waals surface area contributed by atoms with Gasteiger partial charge in [-0.2, -0.15) is 0 Å². The molecule has 1 aromatic rings. The molecule has 1 fully saturated rings. The van der Waals surface area contributed by atoms with Gasteiger partial charge in [-0.1, -0.05) is 12.0 Å². The summed E-state index contributed by atoms with van der Waals surface area (Å²) in [7, 11) is 1.87. The number of rotatable bonds is 3. The first-order valence-corrected chi connectivity index (χ1v) is 5.51. The molecule has 0 aliphatic carbocycles. The van der Waals surface area contributed by atoms with Crippen molar-refractivity contribution >= 4 is 6.01 Å². The Morgan fingerprint density at radius 1 is 1.40 bits per heavy atom. The van der Waals surface area contributed by atoms with Crippen LogP contribution < -0.4 is 10.2 Å². The maximum atomic E-state index is 5.54. The van der Waals surface area contributed by atoms with Gasteiger partial charge < -0.3 is 14.6 Å². The van der Waals surface area contributed by atoms with Crippen LogP contribution in [0.2, 0.25) is 0 Å². The summed E-state index contributed by atoms with van der Waals surface area (Å²) in [5, 5.41) is 11.0. The third-order valence-corrected chi connectivity index (χ3v) is 2.84. The van der Waals surface area contributed by atoms with E-state index in [1.165, 1.54) is 12.8 Å². The fourth-order valence-corrected chi connectivity index (χ4v) is 1.80. The Morgan fingerprint density at radius 2 is 2.13 bits per heavy atom. The van der Waals surface area contributed by atoms with E-state index in [1.54, 1.807) is 0 Å². The van der Waals surface area contributed by atoms with Crippen molar-refractivity contribution in [2.75, 3.05) is 25.0 Å². The Morgan fingerprint density at radius 3 is 2.80 bits per heavy atom. The standard InChI is InChI=1S/C10H18N4O/c1-8-3-5-14(6-4-8)10-13-12-9(15-10)7-11-2/h8,11H,3-7H2,1-2H3. The second-order valence-corrected chi connectivity index (χ2v) is 4.18. The Bertz CT molecular complexity index is 304. The molecule has 0 amide bonds. The zero-order valence-corrected chi connectivity index (χ0v) is 9.36. The molecule has 1 aromatic heterocycles. The van der Waals surface area contributed by atoms with Gasteiger partial charge in [0.1, 0.15) is 0 Å². The largest absolute Gasteiger partial charge is 0.407 e. The van der Waals surface area contributed by atoms with E-state index in [0.717, 1.165) is 19.0 Å². The van der Waals surface area contributed by atoms with Crippen LogP contribution in [0.5, 0.6) is 0 Å². The molecule has 1 N–H and O–H groups in total. The van der Waals surface area contributed by atoms with E-state index in [4.69, 9.17) is 4.42 Å². The van der Waals surface area contributed by atoms with Crippen LogP contribution >= 0.6 is 0 Å². The first-order chi connectivity index (χ1) is 7.29. The van der Waals surface area contributed by atoms with Gasteiger partial charge in [0.25, 0.3) is 0 Å². The summed E-state index contributed by atoms with van der Waals surface area (Å²) in [6, 6.07) is 0.673. The van der Waals surface area contributed by atoms with E-state index in [2.05, 4.69) is 27.3 Å². The van der Waals surface area contributed by atoms with E-state index in [-0.39, 0.29) is 0 Å². The molecule has 0 spiro atoms. The minimum absolute atomic E-state index is 0.636. The van der Waals surface area contributed by atoms with Crippen LogP contribution in [-0.2, 0) is 6.54 Å². The Hall–Kier alpha value is -1.10. The average Bonchev–Trinajstić information content (AvgIpc) is 2.68. The van der Waals surface area contributed by atoms with Crippen molar-refractivity contribution in [3.63, 3.8) is 0 Å². The monoisotopic (exact) mass is 210 g/mol. The number of aromatic nitrogens is 2. The highest BCUT2D eigenvalue weighted by molar-refractivity contribution is 5.24. The summed E-state index contributed by atoms with van der Waals surface area (Å²) in [5.74, 6) is 1.48. The van der Waals surface area contributed by atoms with Crippen LogP contribution in [-0.4, -0.2) is 30.3 Å². The number of nitrogens with one attached hydrogen (secondary N) is 1. The third kappa shape index (κ3) is 2.47. The van der Waals surface area contributed by atoms with Gasteiger partial charge >= 0.3 is 6.01 Å². The number of hydrogen-bond acceptors (Lipinski definition) is 5. The molecule has 5 nitrogen and oxygen atoms in total. The van der Waals surface area contributed by atoms with Gasteiger partial charge in [-0.05, 0) is 25.8 Å². The zero-order valence-electron chi connectivity index (χ0n) is 9.36. The van der Waals surface area contributed by atoms with Crippen LogP contribution in [0.1, 0.15) is 25.7 Å². The van der Waals surface area contributed by atoms with Gasteiger partial charge in [-0.3, -0.25) is 0 Å². The van der Waals surface area contributed by atoms with Crippen molar-refractivity contribution in [1.29, 1.82) is 0 Å². The van der Waals surface area contributed by atoms with Crippen LogP contribution in [0.15, 0.2) is 4.42 Å². The van der Waals surface area contributed by atoms with Gasteiger partial charge in [-0.25, -0.2) is 0 Å². The number of anilines is 1. The minimum Gasteiger partial charge on any atom is -0.407 e. The molecule has 0 unspecified atom stereocenters. The average molecular weight is 210 g/mol. The molecule has 0 atom stereocenters. The molecule has 0 bridgehead atoms. The highest BCUT2D eigenvalue weighted by Gasteiger charge is 2.20. The Kier molecular flexibility index (Phi) is 3.20. The van der Waals surface area contributed by atoms with Crippen LogP contribution in [0.4, 0.5) is 6.01 Å². The smallest absolute Gasteiger partial charge is 0.318 e. The summed E-state index contributed by atoms with van der Waals surface area (Å²) in [5.41, 5.74) is 0. The maximum Gasteiger partial charge on any atom is 0.318 e. The highest BCUT2D eigenvalue weighted by Crippen LogP contribution is 2.21. The fourth-order valence-electron chi connectivity index (χ4n) is 1.80. The predicted molar refractivity (Wildman–Crippen MR) is 57.7 cm³/mol. The second-order valence-electron chi connectivity index (χ2n) is 4.18. The molecule has 15 heavy (non-hydrogen) atoms. The van der Waals surface area contributed by atoms with E-state index in [9.17, 15) is 0 Å². The van der Waals surface area contributed by atoms with Gasteiger partial charge in [0, 0.05) is 13.1 Å². The topological polar surface area (TPSA) is 54.2 Å². The molecule has 0 saturated carbocycles. The van der Waals surface area contributed by atoms with Gasteiger partial charge in [-0.15, -0.1) is 5.10 Å². The lowest BCUT2D eigenvalue weighted by Crippen LogP contribution is -2.32. The van der Waals surface area contributed by atoms with Crippen LogP contribution in [0.3, 0.4) is 0 Å². The van der Waals surface area contributed by atoms with E-state index in [0.29, 0.717) is 18.5 Å². The van der Waals surface area contributed by atoms with Crippen molar-refractivity contribution in [2.24, 2.45) is 5.92 Å². The molecule has 5 heteroatoms.